The first-order valence-corrected chi connectivity index (χ1v) is 8.07. The van der Waals surface area contributed by atoms with Gasteiger partial charge < -0.3 is 4.74 Å². The molecule has 1 atom stereocenters. The minimum atomic E-state index is -1.54. The molecule has 0 aromatic heterocycles. The Balaban J connectivity index is 5.40. The average molecular weight is 314 g/mol. The summed E-state index contributed by atoms with van der Waals surface area (Å²) in [5.41, 5.74) is -0.289. The molecule has 0 aliphatic heterocycles. The molecular weight excluding hydrogens is 288 g/mol. The molecule has 0 fully saturated rings. The second-order valence-electron chi connectivity index (χ2n) is 7.03. The lowest BCUT2D eigenvalue weighted by molar-refractivity contribution is -0.139. The SMILES string of the molecule is CC(C)OC(=O)C(CC(C)(C)CC#N)=N[S@@](=O)C(C)(C)C. The molecule has 0 radical (unpaired) electrons. The van der Waals surface area contributed by atoms with Gasteiger partial charge in [0, 0.05) is 12.8 Å². The zero-order valence-corrected chi connectivity index (χ0v) is 14.8. The van der Waals surface area contributed by atoms with Crippen LogP contribution in [0.2, 0.25) is 0 Å². The van der Waals surface area contributed by atoms with Crippen molar-refractivity contribution in [1.29, 1.82) is 5.26 Å². The minimum Gasteiger partial charge on any atom is -0.458 e. The normalized spacial score (nSPS) is 14.7. The fourth-order valence-corrected chi connectivity index (χ4v) is 2.00. The first-order valence-electron chi connectivity index (χ1n) is 6.96. The van der Waals surface area contributed by atoms with E-state index in [0.717, 1.165) is 0 Å². The van der Waals surface area contributed by atoms with Gasteiger partial charge in [0.1, 0.15) is 16.7 Å². The van der Waals surface area contributed by atoms with Crippen molar-refractivity contribution >= 4 is 22.7 Å². The Labute approximate surface area is 130 Å². The topological polar surface area (TPSA) is 79.5 Å². The molecule has 0 saturated heterocycles. The monoisotopic (exact) mass is 314 g/mol. The third-order valence-electron chi connectivity index (χ3n) is 2.50. The molecule has 21 heavy (non-hydrogen) atoms. The van der Waals surface area contributed by atoms with Crippen molar-refractivity contribution in [2.75, 3.05) is 0 Å². The fourth-order valence-electron chi connectivity index (χ4n) is 1.39. The minimum absolute atomic E-state index is 0.136. The van der Waals surface area contributed by atoms with E-state index in [0.29, 0.717) is 0 Å². The van der Waals surface area contributed by atoms with Gasteiger partial charge in [0.2, 0.25) is 0 Å². The van der Waals surface area contributed by atoms with E-state index < -0.39 is 27.1 Å². The van der Waals surface area contributed by atoms with Crippen molar-refractivity contribution in [2.45, 2.75) is 72.2 Å². The Morgan fingerprint density at radius 2 is 1.81 bits per heavy atom. The molecular formula is C15H26N2O3S. The van der Waals surface area contributed by atoms with Gasteiger partial charge in [0.15, 0.2) is 0 Å². The van der Waals surface area contributed by atoms with Crippen LogP contribution in [0.5, 0.6) is 0 Å². The van der Waals surface area contributed by atoms with Crippen molar-refractivity contribution < 1.29 is 13.7 Å². The van der Waals surface area contributed by atoms with E-state index in [4.69, 9.17) is 10.00 Å². The molecule has 0 aliphatic carbocycles. The molecule has 0 unspecified atom stereocenters. The van der Waals surface area contributed by atoms with Crippen LogP contribution in [0.15, 0.2) is 4.40 Å². The van der Waals surface area contributed by atoms with E-state index in [9.17, 15) is 9.00 Å². The highest BCUT2D eigenvalue weighted by Gasteiger charge is 2.28. The number of carbonyl (C=O) groups excluding carboxylic acids is 1. The van der Waals surface area contributed by atoms with Crippen LogP contribution >= 0.6 is 0 Å². The van der Waals surface area contributed by atoms with Crippen LogP contribution in [0.4, 0.5) is 0 Å². The molecule has 0 aromatic rings. The number of nitrogens with zero attached hydrogens (tertiary/aromatic N) is 2. The summed E-state index contributed by atoms with van der Waals surface area (Å²) in [4.78, 5) is 12.1. The van der Waals surface area contributed by atoms with Crippen LogP contribution in [0.25, 0.3) is 0 Å². The fraction of sp³-hybridized carbons (Fsp3) is 0.800. The van der Waals surface area contributed by atoms with Crippen molar-refractivity contribution in [2.24, 2.45) is 9.81 Å². The van der Waals surface area contributed by atoms with E-state index in [2.05, 4.69) is 10.5 Å². The second kappa shape index (κ2) is 7.69. The Morgan fingerprint density at radius 1 is 1.29 bits per heavy atom. The lowest BCUT2D eigenvalue weighted by Gasteiger charge is -2.22. The predicted octanol–water partition coefficient (Wildman–Crippen LogP) is 3.17. The van der Waals surface area contributed by atoms with Crippen LogP contribution in [-0.2, 0) is 20.5 Å². The number of carbonyl (C=O) groups is 1. The van der Waals surface area contributed by atoms with Crippen molar-refractivity contribution in [1.82, 2.24) is 0 Å². The lowest BCUT2D eigenvalue weighted by Crippen LogP contribution is -2.29. The maximum Gasteiger partial charge on any atom is 0.353 e. The van der Waals surface area contributed by atoms with Crippen molar-refractivity contribution in [3.8, 4) is 6.07 Å². The first-order chi connectivity index (χ1) is 9.39. The third-order valence-corrected chi connectivity index (χ3v) is 3.93. The van der Waals surface area contributed by atoms with Gasteiger partial charge in [0.25, 0.3) is 0 Å². The largest absolute Gasteiger partial charge is 0.458 e. The van der Waals surface area contributed by atoms with Crippen molar-refractivity contribution in [3.05, 3.63) is 0 Å². The second-order valence-corrected chi connectivity index (χ2v) is 8.94. The highest BCUT2D eigenvalue weighted by molar-refractivity contribution is 7.85. The smallest absolute Gasteiger partial charge is 0.353 e. The molecule has 120 valence electrons. The van der Waals surface area contributed by atoms with Gasteiger partial charge in [-0.3, -0.25) is 0 Å². The number of rotatable bonds is 6. The molecule has 6 heteroatoms. The predicted molar refractivity (Wildman–Crippen MR) is 85.2 cm³/mol. The summed E-state index contributed by atoms with van der Waals surface area (Å²) in [6, 6.07) is 2.09. The van der Waals surface area contributed by atoms with Crippen LogP contribution in [-0.4, -0.2) is 26.7 Å². The summed E-state index contributed by atoms with van der Waals surface area (Å²) in [6.45, 7) is 12.6. The van der Waals surface area contributed by atoms with E-state index in [-0.39, 0.29) is 24.7 Å². The number of hydrogen-bond donors (Lipinski definition) is 0. The van der Waals surface area contributed by atoms with E-state index in [1.165, 1.54) is 0 Å². The molecule has 0 heterocycles. The molecule has 0 N–H and O–H groups in total. The number of ether oxygens (including phenoxy) is 1. The van der Waals surface area contributed by atoms with E-state index in [1.807, 2.05) is 13.8 Å². The molecule has 0 aromatic carbocycles. The molecule has 0 amide bonds. The number of esters is 1. The highest BCUT2D eigenvalue weighted by atomic mass is 32.2. The van der Waals surface area contributed by atoms with Gasteiger partial charge in [0.05, 0.1) is 16.9 Å². The van der Waals surface area contributed by atoms with Gasteiger partial charge in [-0.05, 0) is 40.0 Å². The highest BCUT2D eigenvalue weighted by Crippen LogP contribution is 2.26. The van der Waals surface area contributed by atoms with Crippen LogP contribution in [0.1, 0.15) is 61.3 Å². The molecule has 0 aliphatic rings. The summed E-state index contributed by atoms with van der Waals surface area (Å²) in [6.07, 6.45) is 0.265. The number of nitriles is 1. The zero-order chi connectivity index (χ0) is 16.8. The maximum atomic E-state index is 12.2. The summed E-state index contributed by atoms with van der Waals surface area (Å²) in [7, 11) is -1.54. The maximum absolute atomic E-state index is 12.2. The molecule has 0 rings (SSSR count). The standard InChI is InChI=1S/C15H26N2O3S/c1-11(2)20-13(18)12(10-15(6,7)8-9-16)17-21(19)14(3,4)5/h11H,8,10H2,1-7H3/t21-/m0/s1. The Kier molecular flexibility index (Phi) is 7.25. The first kappa shape index (κ1) is 19.8. The van der Waals surface area contributed by atoms with Gasteiger partial charge >= 0.3 is 5.97 Å². The van der Waals surface area contributed by atoms with Gasteiger partial charge in [-0.25, -0.2) is 9.00 Å². The summed E-state index contributed by atoms with van der Waals surface area (Å²) in [5.74, 6) is -0.561. The molecule has 0 bridgehead atoms. The van der Waals surface area contributed by atoms with Gasteiger partial charge in [-0.1, -0.05) is 13.8 Å². The van der Waals surface area contributed by atoms with Crippen LogP contribution in [0.3, 0.4) is 0 Å². The lowest BCUT2D eigenvalue weighted by atomic mass is 9.84. The summed E-state index contributed by atoms with van der Waals surface area (Å²) < 4.78 is 20.8. The summed E-state index contributed by atoms with van der Waals surface area (Å²) in [5, 5.41) is 8.84. The Morgan fingerprint density at radius 3 is 2.19 bits per heavy atom. The van der Waals surface area contributed by atoms with Crippen molar-refractivity contribution in [3.63, 3.8) is 0 Å². The Bertz CT molecular complexity index is 468. The van der Waals surface area contributed by atoms with Crippen LogP contribution in [0, 0.1) is 16.7 Å². The average Bonchev–Trinajstić information content (AvgIpc) is 2.25. The van der Waals surface area contributed by atoms with E-state index in [1.54, 1.807) is 34.6 Å². The van der Waals surface area contributed by atoms with E-state index >= 15 is 0 Å². The third kappa shape index (κ3) is 7.96. The molecule has 5 nitrogen and oxygen atoms in total. The van der Waals surface area contributed by atoms with Crippen LogP contribution < -0.4 is 0 Å². The Hall–Kier alpha value is -1.22. The molecule has 0 spiro atoms. The van der Waals surface area contributed by atoms with Gasteiger partial charge in [-0.15, -0.1) is 0 Å². The summed E-state index contributed by atoms with van der Waals surface area (Å²) >= 11 is 0. The zero-order valence-electron chi connectivity index (χ0n) is 14.0. The quantitative estimate of drug-likeness (QED) is 0.557. The van der Waals surface area contributed by atoms with Gasteiger partial charge in [-0.2, -0.15) is 9.66 Å². The number of hydrogen-bond acceptors (Lipinski definition) is 4. The molecule has 0 saturated carbocycles.